The second-order valence-electron chi connectivity index (χ2n) is 2.75. The van der Waals surface area contributed by atoms with Gasteiger partial charge in [-0.3, -0.25) is 9.59 Å². The standard InChI is InChI=1S/C9H6BrClO4S/c1-15-9(14)6(13)3-5(12)7-2-4(10)8(11)16-7/h2H,3H2,1H3. The molecule has 0 atom stereocenters. The van der Waals surface area contributed by atoms with E-state index in [1.54, 1.807) is 0 Å². The van der Waals surface area contributed by atoms with Crippen LogP contribution >= 0.6 is 38.9 Å². The average molecular weight is 326 g/mol. The van der Waals surface area contributed by atoms with Gasteiger partial charge in [-0.1, -0.05) is 11.6 Å². The quantitative estimate of drug-likeness (QED) is 0.369. The maximum Gasteiger partial charge on any atom is 0.374 e. The highest BCUT2D eigenvalue weighted by atomic mass is 79.9. The molecule has 0 spiro atoms. The molecule has 1 rings (SSSR count). The summed E-state index contributed by atoms with van der Waals surface area (Å²) in [4.78, 5) is 33.8. The first-order chi connectivity index (χ1) is 7.45. The predicted molar refractivity (Wildman–Crippen MR) is 63.0 cm³/mol. The molecule has 7 heteroatoms. The normalized spacial score (nSPS) is 9.94. The minimum Gasteiger partial charge on any atom is -0.463 e. The third kappa shape index (κ3) is 3.13. The van der Waals surface area contributed by atoms with Crippen LogP contribution in [0.4, 0.5) is 0 Å². The number of carbonyl (C=O) groups is 3. The van der Waals surface area contributed by atoms with Gasteiger partial charge in [0, 0.05) is 4.47 Å². The van der Waals surface area contributed by atoms with Crippen LogP contribution < -0.4 is 0 Å². The number of Topliss-reactive ketones (excluding diaryl/α,β-unsaturated/α-hetero) is 2. The van der Waals surface area contributed by atoms with Crippen LogP contribution in [0, 0.1) is 0 Å². The molecule has 0 bridgehead atoms. The average Bonchev–Trinajstić information content (AvgIpc) is 2.58. The minimum absolute atomic E-state index is 0.328. The highest BCUT2D eigenvalue weighted by Crippen LogP contribution is 2.32. The summed E-state index contributed by atoms with van der Waals surface area (Å²) in [5, 5.41) is 0. The number of rotatable bonds is 4. The van der Waals surface area contributed by atoms with Crippen molar-refractivity contribution >= 4 is 56.4 Å². The van der Waals surface area contributed by atoms with Gasteiger partial charge in [-0.15, -0.1) is 11.3 Å². The summed E-state index contributed by atoms with van der Waals surface area (Å²) in [5.74, 6) is -2.34. The second-order valence-corrected chi connectivity index (χ2v) is 5.26. The molecule has 0 N–H and O–H groups in total. The molecular formula is C9H6BrClO4S. The van der Waals surface area contributed by atoms with Crippen molar-refractivity contribution in [2.45, 2.75) is 6.42 Å². The summed E-state index contributed by atoms with van der Waals surface area (Å²) < 4.78 is 5.22. The summed E-state index contributed by atoms with van der Waals surface area (Å²) >= 11 is 9.93. The van der Waals surface area contributed by atoms with E-state index in [0.717, 1.165) is 18.4 Å². The predicted octanol–water partition coefficient (Wildman–Crippen LogP) is 2.48. The van der Waals surface area contributed by atoms with Gasteiger partial charge >= 0.3 is 5.97 Å². The van der Waals surface area contributed by atoms with Gasteiger partial charge in [-0.05, 0) is 22.0 Å². The lowest BCUT2D eigenvalue weighted by Gasteiger charge is -1.96. The molecule has 1 aromatic heterocycles. The Morgan fingerprint density at radius 1 is 1.50 bits per heavy atom. The van der Waals surface area contributed by atoms with Crippen LogP contribution in [0.2, 0.25) is 4.34 Å². The number of carbonyl (C=O) groups excluding carboxylic acids is 3. The van der Waals surface area contributed by atoms with Crippen molar-refractivity contribution in [3.05, 3.63) is 19.8 Å². The van der Waals surface area contributed by atoms with E-state index in [9.17, 15) is 14.4 Å². The van der Waals surface area contributed by atoms with Gasteiger partial charge in [0.15, 0.2) is 5.78 Å². The molecule has 0 amide bonds. The van der Waals surface area contributed by atoms with Crippen LogP contribution in [0.5, 0.6) is 0 Å². The van der Waals surface area contributed by atoms with Gasteiger partial charge in [0.1, 0.15) is 4.34 Å². The third-order valence-corrected chi connectivity index (χ3v) is 4.17. The zero-order chi connectivity index (χ0) is 12.3. The summed E-state index contributed by atoms with van der Waals surface area (Å²) in [6, 6.07) is 1.51. The van der Waals surface area contributed by atoms with Gasteiger partial charge in [-0.2, -0.15) is 0 Å². The van der Waals surface area contributed by atoms with Crippen molar-refractivity contribution in [2.75, 3.05) is 7.11 Å². The van der Waals surface area contributed by atoms with Gasteiger partial charge < -0.3 is 4.74 Å². The van der Waals surface area contributed by atoms with Crippen molar-refractivity contribution in [3.63, 3.8) is 0 Å². The Morgan fingerprint density at radius 2 is 2.12 bits per heavy atom. The van der Waals surface area contributed by atoms with Gasteiger partial charge in [0.2, 0.25) is 5.78 Å². The maximum absolute atomic E-state index is 11.5. The number of esters is 1. The molecule has 0 aliphatic rings. The Hall–Kier alpha value is -0.720. The lowest BCUT2D eigenvalue weighted by atomic mass is 10.2. The Kier molecular flexibility index (Phi) is 4.64. The molecule has 0 aliphatic heterocycles. The number of ketones is 2. The fourth-order valence-corrected chi connectivity index (χ4v) is 2.54. The largest absolute Gasteiger partial charge is 0.463 e. The molecule has 0 aromatic carbocycles. The molecule has 0 aliphatic carbocycles. The van der Waals surface area contributed by atoms with E-state index < -0.39 is 24.0 Å². The Balaban J connectivity index is 2.73. The molecule has 1 heterocycles. The SMILES string of the molecule is COC(=O)C(=O)CC(=O)c1cc(Br)c(Cl)s1. The number of halogens is 2. The Bertz CT molecular complexity index is 435. The van der Waals surface area contributed by atoms with Crippen molar-refractivity contribution < 1.29 is 19.1 Å². The fraction of sp³-hybridized carbons (Fsp3) is 0.222. The lowest BCUT2D eigenvalue weighted by Crippen LogP contribution is -2.18. The molecule has 0 unspecified atom stereocenters. The highest BCUT2D eigenvalue weighted by Gasteiger charge is 2.21. The summed E-state index contributed by atoms with van der Waals surface area (Å²) in [6.07, 6.45) is -0.504. The minimum atomic E-state index is -1.02. The van der Waals surface area contributed by atoms with Crippen molar-refractivity contribution in [3.8, 4) is 0 Å². The Morgan fingerprint density at radius 3 is 2.56 bits per heavy atom. The molecule has 0 radical (unpaired) electrons. The van der Waals surface area contributed by atoms with Crippen LogP contribution in [0.3, 0.4) is 0 Å². The molecular weight excluding hydrogens is 320 g/mol. The molecule has 1 aromatic rings. The molecule has 0 saturated heterocycles. The maximum atomic E-state index is 11.5. The molecule has 0 fully saturated rings. The Labute approximate surface area is 109 Å². The zero-order valence-corrected chi connectivity index (χ0v) is 11.2. The van der Waals surface area contributed by atoms with E-state index in [1.165, 1.54) is 6.07 Å². The second kappa shape index (κ2) is 5.56. The summed E-state index contributed by atoms with van der Waals surface area (Å²) in [5.41, 5.74) is 0. The van der Waals surface area contributed by atoms with E-state index in [2.05, 4.69) is 20.7 Å². The topological polar surface area (TPSA) is 60.4 Å². The van der Waals surface area contributed by atoms with E-state index in [1.807, 2.05) is 0 Å². The smallest absolute Gasteiger partial charge is 0.374 e. The number of hydrogen-bond donors (Lipinski definition) is 0. The zero-order valence-electron chi connectivity index (χ0n) is 8.08. The monoisotopic (exact) mass is 324 g/mol. The van der Waals surface area contributed by atoms with E-state index >= 15 is 0 Å². The first kappa shape index (κ1) is 13.3. The first-order valence-corrected chi connectivity index (χ1v) is 6.03. The molecule has 4 nitrogen and oxygen atoms in total. The van der Waals surface area contributed by atoms with Gasteiger partial charge in [0.05, 0.1) is 18.4 Å². The number of methoxy groups -OCH3 is 1. The van der Waals surface area contributed by atoms with Crippen LogP contribution in [0.1, 0.15) is 16.1 Å². The number of hydrogen-bond acceptors (Lipinski definition) is 5. The van der Waals surface area contributed by atoms with Crippen molar-refractivity contribution in [1.29, 1.82) is 0 Å². The van der Waals surface area contributed by atoms with Gasteiger partial charge in [-0.25, -0.2) is 4.79 Å². The van der Waals surface area contributed by atoms with E-state index in [-0.39, 0.29) is 0 Å². The van der Waals surface area contributed by atoms with E-state index in [4.69, 9.17) is 11.6 Å². The van der Waals surface area contributed by atoms with Crippen LogP contribution in [0.25, 0.3) is 0 Å². The lowest BCUT2D eigenvalue weighted by molar-refractivity contribution is -0.151. The van der Waals surface area contributed by atoms with E-state index in [0.29, 0.717) is 13.7 Å². The molecule has 0 saturated carbocycles. The number of thiophene rings is 1. The summed E-state index contributed by atoms with van der Waals surface area (Å²) in [7, 11) is 1.09. The summed E-state index contributed by atoms with van der Waals surface area (Å²) in [6.45, 7) is 0. The van der Waals surface area contributed by atoms with Crippen LogP contribution in [-0.2, 0) is 14.3 Å². The van der Waals surface area contributed by atoms with Crippen LogP contribution in [-0.4, -0.2) is 24.6 Å². The highest BCUT2D eigenvalue weighted by molar-refractivity contribution is 9.10. The molecule has 16 heavy (non-hydrogen) atoms. The van der Waals surface area contributed by atoms with Crippen molar-refractivity contribution in [1.82, 2.24) is 0 Å². The molecule has 86 valence electrons. The van der Waals surface area contributed by atoms with Crippen LogP contribution in [0.15, 0.2) is 10.5 Å². The first-order valence-electron chi connectivity index (χ1n) is 4.05. The number of ether oxygens (including phenoxy) is 1. The van der Waals surface area contributed by atoms with Crippen molar-refractivity contribution in [2.24, 2.45) is 0 Å². The van der Waals surface area contributed by atoms with Gasteiger partial charge in [0.25, 0.3) is 0 Å². The third-order valence-electron chi connectivity index (χ3n) is 1.65. The fourth-order valence-electron chi connectivity index (χ4n) is 0.903.